The van der Waals surface area contributed by atoms with Gasteiger partial charge in [0.15, 0.2) is 11.5 Å². The zero-order valence-corrected chi connectivity index (χ0v) is 11.6. The van der Waals surface area contributed by atoms with Crippen LogP contribution in [0.2, 0.25) is 0 Å². The van der Waals surface area contributed by atoms with Gasteiger partial charge in [0.05, 0.1) is 12.1 Å². The van der Waals surface area contributed by atoms with Crippen LogP contribution < -0.4 is 14.8 Å². The summed E-state index contributed by atoms with van der Waals surface area (Å²) >= 11 is 0. The quantitative estimate of drug-likeness (QED) is 0.948. The van der Waals surface area contributed by atoms with Crippen molar-refractivity contribution in [2.45, 2.75) is 6.42 Å². The second-order valence-corrected chi connectivity index (χ2v) is 4.83. The van der Waals surface area contributed by atoms with Gasteiger partial charge in [-0.25, -0.2) is 8.78 Å². The Morgan fingerprint density at radius 2 is 1.82 bits per heavy atom. The van der Waals surface area contributed by atoms with E-state index in [-0.39, 0.29) is 12.1 Å². The van der Waals surface area contributed by atoms with Crippen LogP contribution in [0.1, 0.15) is 5.56 Å². The SMILES string of the molecule is O=C(Cc1ccc2c(c1)OCCO2)Nc1cc(F)ccc1F. The van der Waals surface area contributed by atoms with Crippen molar-refractivity contribution in [2.75, 3.05) is 18.5 Å². The lowest BCUT2D eigenvalue weighted by Gasteiger charge is -2.18. The molecule has 22 heavy (non-hydrogen) atoms. The van der Waals surface area contributed by atoms with Gasteiger partial charge < -0.3 is 14.8 Å². The number of hydrogen-bond acceptors (Lipinski definition) is 3. The number of halogens is 2. The number of carbonyl (C=O) groups excluding carboxylic acids is 1. The maximum atomic E-state index is 13.5. The van der Waals surface area contributed by atoms with Crippen molar-refractivity contribution >= 4 is 11.6 Å². The molecule has 1 amide bonds. The molecule has 0 aliphatic carbocycles. The van der Waals surface area contributed by atoms with E-state index < -0.39 is 17.5 Å². The lowest BCUT2D eigenvalue weighted by atomic mass is 10.1. The average Bonchev–Trinajstić information content (AvgIpc) is 2.51. The third-order valence-corrected chi connectivity index (χ3v) is 3.17. The third-order valence-electron chi connectivity index (χ3n) is 3.17. The second-order valence-electron chi connectivity index (χ2n) is 4.83. The van der Waals surface area contributed by atoms with Crippen molar-refractivity contribution in [1.82, 2.24) is 0 Å². The summed E-state index contributed by atoms with van der Waals surface area (Å²) in [5.41, 5.74) is 0.515. The largest absolute Gasteiger partial charge is 0.486 e. The molecule has 0 bridgehead atoms. The number of rotatable bonds is 3. The molecule has 6 heteroatoms. The van der Waals surface area contributed by atoms with Gasteiger partial charge in [0.1, 0.15) is 24.8 Å². The van der Waals surface area contributed by atoms with Gasteiger partial charge >= 0.3 is 0 Å². The van der Waals surface area contributed by atoms with Crippen molar-refractivity contribution < 1.29 is 23.0 Å². The first-order chi connectivity index (χ1) is 10.6. The number of fused-ring (bicyclic) bond motifs is 1. The van der Waals surface area contributed by atoms with Gasteiger partial charge in [0.2, 0.25) is 5.91 Å². The third kappa shape index (κ3) is 3.16. The van der Waals surface area contributed by atoms with Gasteiger partial charge in [-0.1, -0.05) is 6.07 Å². The van der Waals surface area contributed by atoms with Gasteiger partial charge in [-0.05, 0) is 29.8 Å². The molecule has 0 saturated heterocycles. The summed E-state index contributed by atoms with van der Waals surface area (Å²) in [6.07, 6.45) is 0.0204. The fraction of sp³-hybridized carbons (Fsp3) is 0.188. The van der Waals surface area contributed by atoms with Gasteiger partial charge in [-0.3, -0.25) is 4.79 Å². The molecule has 0 spiro atoms. The average molecular weight is 305 g/mol. The highest BCUT2D eigenvalue weighted by atomic mass is 19.1. The van der Waals surface area contributed by atoms with Crippen LogP contribution in [0.25, 0.3) is 0 Å². The molecule has 1 N–H and O–H groups in total. The molecule has 1 aliphatic heterocycles. The van der Waals surface area contributed by atoms with Gasteiger partial charge in [-0.15, -0.1) is 0 Å². The zero-order chi connectivity index (χ0) is 15.5. The van der Waals surface area contributed by atoms with E-state index in [0.717, 1.165) is 18.2 Å². The minimum atomic E-state index is -0.683. The molecule has 1 aliphatic rings. The fourth-order valence-corrected chi connectivity index (χ4v) is 2.17. The Morgan fingerprint density at radius 3 is 2.64 bits per heavy atom. The molecule has 0 saturated carbocycles. The molecular weight excluding hydrogens is 292 g/mol. The lowest BCUT2D eigenvalue weighted by molar-refractivity contribution is -0.115. The Balaban J connectivity index is 1.70. The van der Waals surface area contributed by atoms with Crippen LogP contribution in [0.4, 0.5) is 14.5 Å². The summed E-state index contributed by atoms with van der Waals surface area (Å²) in [5.74, 6) is -0.533. The fourth-order valence-electron chi connectivity index (χ4n) is 2.17. The molecule has 0 radical (unpaired) electrons. The molecule has 114 valence electrons. The Labute approximate surface area is 125 Å². The van der Waals surface area contributed by atoms with Crippen LogP contribution in [-0.2, 0) is 11.2 Å². The number of anilines is 1. The molecule has 0 aromatic heterocycles. The molecular formula is C16H13F2NO3. The Hall–Kier alpha value is -2.63. The first-order valence-electron chi connectivity index (χ1n) is 6.75. The predicted molar refractivity (Wildman–Crippen MR) is 76.1 cm³/mol. The minimum Gasteiger partial charge on any atom is -0.486 e. The number of ether oxygens (including phenoxy) is 2. The maximum Gasteiger partial charge on any atom is 0.228 e. The molecule has 1 heterocycles. The van der Waals surface area contributed by atoms with E-state index in [0.29, 0.717) is 30.3 Å². The van der Waals surface area contributed by atoms with E-state index in [9.17, 15) is 13.6 Å². The highest BCUT2D eigenvalue weighted by Gasteiger charge is 2.14. The molecule has 0 unspecified atom stereocenters. The van der Waals surface area contributed by atoms with Crippen molar-refractivity contribution in [3.8, 4) is 11.5 Å². The van der Waals surface area contributed by atoms with Crippen molar-refractivity contribution in [1.29, 1.82) is 0 Å². The number of hydrogen-bond donors (Lipinski definition) is 1. The molecule has 2 aromatic rings. The first-order valence-corrected chi connectivity index (χ1v) is 6.75. The summed E-state index contributed by atoms with van der Waals surface area (Å²) in [6, 6.07) is 8.06. The van der Waals surface area contributed by atoms with Gasteiger partial charge in [0, 0.05) is 6.07 Å². The van der Waals surface area contributed by atoms with E-state index in [2.05, 4.69) is 5.32 Å². The van der Waals surface area contributed by atoms with Crippen molar-refractivity contribution in [2.24, 2.45) is 0 Å². The standard InChI is InChI=1S/C16H13F2NO3/c17-11-2-3-12(18)13(9-11)19-16(20)8-10-1-4-14-15(7-10)22-6-5-21-14/h1-4,7,9H,5-6,8H2,(H,19,20). The molecule has 4 nitrogen and oxygen atoms in total. The van der Waals surface area contributed by atoms with Crippen molar-refractivity contribution in [3.63, 3.8) is 0 Å². The molecule has 2 aromatic carbocycles. The molecule has 3 rings (SSSR count). The maximum absolute atomic E-state index is 13.5. The number of amides is 1. The van der Waals surface area contributed by atoms with Crippen molar-refractivity contribution in [3.05, 3.63) is 53.6 Å². The highest BCUT2D eigenvalue weighted by molar-refractivity contribution is 5.92. The van der Waals surface area contributed by atoms with E-state index in [1.54, 1.807) is 18.2 Å². The summed E-state index contributed by atoms with van der Waals surface area (Å²) in [6.45, 7) is 0.947. The predicted octanol–water partition coefficient (Wildman–Crippen LogP) is 2.92. The van der Waals surface area contributed by atoms with Crippen LogP contribution in [0.15, 0.2) is 36.4 Å². The van der Waals surface area contributed by atoms with Gasteiger partial charge in [-0.2, -0.15) is 0 Å². The number of benzene rings is 2. The second kappa shape index (κ2) is 6.01. The van der Waals surface area contributed by atoms with Crippen LogP contribution in [0.5, 0.6) is 11.5 Å². The Kier molecular flexibility index (Phi) is 3.91. The normalized spacial score (nSPS) is 12.8. The summed E-state index contributed by atoms with van der Waals surface area (Å²) < 4.78 is 37.4. The van der Waals surface area contributed by atoms with Gasteiger partial charge in [0.25, 0.3) is 0 Å². The first kappa shape index (κ1) is 14.3. The lowest BCUT2D eigenvalue weighted by Crippen LogP contribution is -2.17. The summed E-state index contributed by atoms with van der Waals surface area (Å²) in [4.78, 5) is 11.9. The Morgan fingerprint density at radius 1 is 1.05 bits per heavy atom. The smallest absolute Gasteiger partial charge is 0.228 e. The summed E-state index contributed by atoms with van der Waals surface area (Å²) in [7, 11) is 0. The monoisotopic (exact) mass is 305 g/mol. The zero-order valence-electron chi connectivity index (χ0n) is 11.6. The van der Waals surface area contributed by atoms with Crippen LogP contribution >= 0.6 is 0 Å². The van der Waals surface area contributed by atoms with Crippen LogP contribution in [0, 0.1) is 11.6 Å². The summed E-state index contributed by atoms with van der Waals surface area (Å²) in [5, 5.41) is 2.35. The topological polar surface area (TPSA) is 47.6 Å². The van der Waals surface area contributed by atoms with E-state index in [4.69, 9.17) is 9.47 Å². The Bertz CT molecular complexity index is 719. The minimum absolute atomic E-state index is 0.0204. The molecule has 0 atom stereocenters. The number of carbonyl (C=O) groups is 1. The molecule has 0 fully saturated rings. The highest BCUT2D eigenvalue weighted by Crippen LogP contribution is 2.31. The van der Waals surface area contributed by atoms with Crippen LogP contribution in [0.3, 0.4) is 0 Å². The van der Waals surface area contributed by atoms with E-state index in [1.807, 2.05) is 0 Å². The van der Waals surface area contributed by atoms with E-state index in [1.165, 1.54) is 0 Å². The number of nitrogens with one attached hydrogen (secondary N) is 1. The van der Waals surface area contributed by atoms with E-state index >= 15 is 0 Å². The van der Waals surface area contributed by atoms with Crippen LogP contribution in [-0.4, -0.2) is 19.1 Å².